The van der Waals surface area contributed by atoms with Gasteiger partial charge in [-0.15, -0.1) is 11.6 Å². The van der Waals surface area contributed by atoms with Crippen molar-refractivity contribution in [2.24, 2.45) is 7.05 Å². The molecule has 7 nitrogen and oxygen atoms in total. The molecule has 0 aromatic carbocycles. The van der Waals surface area contributed by atoms with Gasteiger partial charge in [-0.25, -0.2) is 4.79 Å². The largest absolute Gasteiger partial charge is 0.395 e. The monoisotopic (exact) mass is 292 g/mol. The zero-order valence-electron chi connectivity index (χ0n) is 9.35. The van der Waals surface area contributed by atoms with Crippen molar-refractivity contribution in [2.45, 2.75) is 11.9 Å². The fourth-order valence-corrected chi connectivity index (χ4v) is 2.00. The number of aliphatic hydroxyl groups excluding tert-OH is 1. The van der Waals surface area contributed by atoms with Crippen LogP contribution < -0.4 is 11.2 Å². The van der Waals surface area contributed by atoms with Gasteiger partial charge in [-0.3, -0.25) is 14.3 Å². The van der Waals surface area contributed by atoms with Gasteiger partial charge in [0.1, 0.15) is 0 Å². The predicted molar refractivity (Wildman–Crippen MR) is 67.3 cm³/mol. The van der Waals surface area contributed by atoms with Gasteiger partial charge in [0.25, 0.3) is 5.56 Å². The van der Waals surface area contributed by atoms with E-state index in [2.05, 4.69) is 9.97 Å². The van der Waals surface area contributed by atoms with Gasteiger partial charge in [-0.05, 0) is 11.6 Å². The summed E-state index contributed by atoms with van der Waals surface area (Å²) in [4.78, 5) is 29.3. The first kappa shape index (κ1) is 13.1. The molecule has 0 radical (unpaired) electrons. The molecule has 18 heavy (non-hydrogen) atoms. The highest BCUT2D eigenvalue weighted by molar-refractivity contribution is 6.29. The molecule has 0 aliphatic rings. The average molecular weight is 293 g/mol. The molecule has 2 aromatic rings. The fraction of sp³-hybridized carbons (Fsp3) is 0.444. The fourth-order valence-electron chi connectivity index (χ4n) is 1.63. The maximum atomic E-state index is 11.8. The van der Waals surface area contributed by atoms with Crippen molar-refractivity contribution < 1.29 is 5.11 Å². The molecule has 2 N–H and O–H groups in total. The highest BCUT2D eigenvalue weighted by Gasteiger charge is 2.17. The minimum Gasteiger partial charge on any atom is -0.395 e. The quantitative estimate of drug-likeness (QED) is 0.599. The molecule has 1 atom stereocenters. The first-order valence-electron chi connectivity index (χ1n) is 5.05. The Hall–Kier alpha value is -1.31. The predicted octanol–water partition coefficient (Wildman–Crippen LogP) is -0.324. The number of rotatable bonds is 3. The lowest BCUT2D eigenvalue weighted by Gasteiger charge is -2.08. The van der Waals surface area contributed by atoms with Crippen molar-refractivity contribution in [1.29, 1.82) is 0 Å². The third kappa shape index (κ3) is 2.05. The molecule has 0 spiro atoms. The van der Waals surface area contributed by atoms with Crippen LogP contribution in [0.5, 0.6) is 0 Å². The number of nitrogens with zero attached hydrogens (tertiary/aromatic N) is 3. The van der Waals surface area contributed by atoms with Crippen LogP contribution in [0.3, 0.4) is 0 Å². The Bertz CT molecular complexity index is 702. The van der Waals surface area contributed by atoms with Crippen LogP contribution in [0.2, 0.25) is 5.28 Å². The smallest absolute Gasteiger partial charge is 0.329 e. The molecule has 0 fully saturated rings. The summed E-state index contributed by atoms with van der Waals surface area (Å²) in [6.45, 7) is -0.143. The van der Waals surface area contributed by atoms with E-state index in [1.807, 2.05) is 0 Å². The molecule has 9 heteroatoms. The number of halogens is 2. The van der Waals surface area contributed by atoms with Gasteiger partial charge in [0.05, 0.1) is 12.0 Å². The summed E-state index contributed by atoms with van der Waals surface area (Å²) in [5.41, 5.74) is -0.829. The summed E-state index contributed by atoms with van der Waals surface area (Å²) >= 11 is 11.7. The zero-order valence-corrected chi connectivity index (χ0v) is 10.9. The van der Waals surface area contributed by atoms with Gasteiger partial charge in [0.15, 0.2) is 11.2 Å². The van der Waals surface area contributed by atoms with E-state index in [1.165, 1.54) is 16.2 Å². The number of alkyl halides is 1. The molecule has 2 rings (SSSR count). The third-order valence-electron chi connectivity index (χ3n) is 2.54. The Morgan fingerprint density at radius 3 is 2.78 bits per heavy atom. The molecule has 0 aliphatic carbocycles. The number of imidazole rings is 1. The summed E-state index contributed by atoms with van der Waals surface area (Å²) in [5, 5.41) is 8.35. The number of aryl methyl sites for hydroxylation is 1. The van der Waals surface area contributed by atoms with Crippen molar-refractivity contribution in [3.05, 3.63) is 26.1 Å². The number of aromatic amines is 1. The number of hydrogen-bond acceptors (Lipinski definition) is 4. The van der Waals surface area contributed by atoms with Gasteiger partial charge in [-0.2, -0.15) is 4.98 Å². The zero-order chi connectivity index (χ0) is 13.4. The second-order valence-corrected chi connectivity index (χ2v) is 4.72. The lowest BCUT2D eigenvalue weighted by molar-refractivity contribution is 0.284. The van der Waals surface area contributed by atoms with Crippen LogP contribution in [-0.4, -0.2) is 36.2 Å². The topological polar surface area (TPSA) is 92.9 Å². The van der Waals surface area contributed by atoms with Crippen LogP contribution in [0.25, 0.3) is 11.2 Å². The normalized spacial score (nSPS) is 13.1. The molecule has 2 aromatic heterocycles. The first-order valence-corrected chi connectivity index (χ1v) is 5.87. The van der Waals surface area contributed by atoms with Crippen molar-refractivity contribution in [3.63, 3.8) is 0 Å². The van der Waals surface area contributed by atoms with E-state index in [1.54, 1.807) is 0 Å². The highest BCUT2D eigenvalue weighted by atomic mass is 35.5. The Labute approximate surface area is 111 Å². The average Bonchev–Trinajstić information content (AvgIpc) is 2.64. The summed E-state index contributed by atoms with van der Waals surface area (Å²) in [5.74, 6) is 0. The van der Waals surface area contributed by atoms with Crippen LogP contribution in [-0.2, 0) is 13.6 Å². The van der Waals surface area contributed by atoms with Gasteiger partial charge in [0, 0.05) is 13.6 Å². The van der Waals surface area contributed by atoms with Crippen molar-refractivity contribution in [2.75, 3.05) is 6.61 Å². The maximum absolute atomic E-state index is 11.8. The lowest BCUT2D eigenvalue weighted by Crippen LogP contribution is -2.29. The van der Waals surface area contributed by atoms with Crippen LogP contribution in [0.15, 0.2) is 9.59 Å². The summed E-state index contributed by atoms with van der Waals surface area (Å²) in [6, 6.07) is 0. The lowest BCUT2D eigenvalue weighted by atomic mass is 10.4. The van der Waals surface area contributed by atoms with Crippen LogP contribution >= 0.6 is 23.2 Å². The first-order chi connectivity index (χ1) is 8.45. The summed E-state index contributed by atoms with van der Waals surface area (Å²) in [6.07, 6.45) is 0. The molecular weight excluding hydrogens is 283 g/mol. The number of fused-ring (bicyclic) bond motifs is 1. The standard InChI is InChI=1S/C9H10Cl2N4O3/c1-14-6-5(7(17)13-9(14)18)15(8(11)12-6)2-4(10)3-16/h4,16H,2-3H2,1H3,(H,13,17,18). The van der Waals surface area contributed by atoms with Crippen LogP contribution in [0.4, 0.5) is 0 Å². The van der Waals surface area contributed by atoms with Gasteiger partial charge in [0.2, 0.25) is 5.28 Å². The van der Waals surface area contributed by atoms with Gasteiger partial charge < -0.3 is 9.67 Å². The SMILES string of the molecule is Cn1c(=O)[nH]c(=O)c2c1nc(Cl)n2CC(Cl)CO. The Morgan fingerprint density at radius 2 is 2.17 bits per heavy atom. The van der Waals surface area contributed by atoms with Crippen molar-refractivity contribution in [1.82, 2.24) is 19.1 Å². The van der Waals surface area contributed by atoms with E-state index in [0.29, 0.717) is 0 Å². The van der Waals surface area contributed by atoms with E-state index >= 15 is 0 Å². The van der Waals surface area contributed by atoms with Crippen LogP contribution in [0, 0.1) is 0 Å². The second kappa shape index (κ2) is 4.75. The highest BCUT2D eigenvalue weighted by Crippen LogP contribution is 2.16. The molecule has 0 amide bonds. The molecule has 0 saturated carbocycles. The second-order valence-electron chi connectivity index (χ2n) is 3.76. The Balaban J connectivity index is 2.75. The number of aromatic nitrogens is 4. The number of hydrogen-bond donors (Lipinski definition) is 2. The molecule has 98 valence electrons. The van der Waals surface area contributed by atoms with Crippen molar-refractivity contribution in [3.8, 4) is 0 Å². The third-order valence-corrected chi connectivity index (χ3v) is 3.10. The molecular formula is C9H10Cl2N4O3. The molecule has 0 bridgehead atoms. The minimum atomic E-state index is -0.600. The number of nitrogens with one attached hydrogen (secondary N) is 1. The Kier molecular flexibility index (Phi) is 3.47. The number of H-pyrrole nitrogens is 1. The molecule has 1 unspecified atom stereocenters. The summed E-state index contributed by atoms with van der Waals surface area (Å²) in [7, 11) is 1.47. The van der Waals surface area contributed by atoms with Gasteiger partial charge in [-0.1, -0.05) is 0 Å². The van der Waals surface area contributed by atoms with Crippen LogP contribution in [0.1, 0.15) is 0 Å². The van der Waals surface area contributed by atoms with E-state index in [4.69, 9.17) is 28.3 Å². The van der Waals surface area contributed by atoms with E-state index < -0.39 is 16.6 Å². The number of aliphatic hydroxyl groups is 1. The van der Waals surface area contributed by atoms with E-state index in [9.17, 15) is 9.59 Å². The Morgan fingerprint density at radius 1 is 1.50 bits per heavy atom. The van der Waals surface area contributed by atoms with Gasteiger partial charge >= 0.3 is 5.69 Å². The maximum Gasteiger partial charge on any atom is 0.329 e. The van der Waals surface area contributed by atoms with E-state index in [-0.39, 0.29) is 29.6 Å². The molecule has 2 heterocycles. The summed E-state index contributed by atoms with van der Waals surface area (Å²) < 4.78 is 2.55. The minimum absolute atomic E-state index is 0.0378. The molecule has 0 saturated heterocycles. The molecule has 0 aliphatic heterocycles. The van der Waals surface area contributed by atoms with Crippen molar-refractivity contribution >= 4 is 34.4 Å². The van der Waals surface area contributed by atoms with E-state index in [0.717, 1.165) is 0 Å².